The lowest BCUT2D eigenvalue weighted by Crippen LogP contribution is -2.27. The summed E-state index contributed by atoms with van der Waals surface area (Å²) in [7, 11) is 0. The third-order valence-electron chi connectivity index (χ3n) is 3.07. The second-order valence-electron chi connectivity index (χ2n) is 4.48. The zero-order chi connectivity index (χ0) is 15.9. The van der Waals surface area contributed by atoms with Gasteiger partial charge in [0.2, 0.25) is 0 Å². The van der Waals surface area contributed by atoms with Gasteiger partial charge in [-0.2, -0.15) is 0 Å². The predicted octanol–water partition coefficient (Wildman–Crippen LogP) is 5.08. The lowest BCUT2D eigenvalue weighted by atomic mass is 10.1. The third kappa shape index (κ3) is 2.74. The summed E-state index contributed by atoms with van der Waals surface area (Å²) in [5, 5.41) is 10.3. The minimum absolute atomic E-state index is 0.0394. The monoisotopic (exact) mass is 443 g/mol. The number of ether oxygens (including phenoxy) is 1. The van der Waals surface area contributed by atoms with Crippen LogP contribution in [0.25, 0.3) is 0 Å². The number of hydrogen-bond acceptors (Lipinski definition) is 3. The molecule has 4 nitrogen and oxygen atoms in total. The van der Waals surface area contributed by atoms with Crippen LogP contribution in [0.2, 0.25) is 5.02 Å². The Morgan fingerprint density at radius 1 is 1.18 bits per heavy atom. The van der Waals surface area contributed by atoms with Gasteiger partial charge < -0.3 is 9.84 Å². The first-order valence-corrected chi connectivity index (χ1v) is 8.08. The molecule has 3 rings (SSSR count). The van der Waals surface area contributed by atoms with Crippen LogP contribution in [0.3, 0.4) is 0 Å². The highest BCUT2D eigenvalue weighted by atomic mass is 79.9. The average Bonchev–Trinajstić information content (AvgIpc) is 2.50. The molecule has 1 N–H and O–H groups in total. The largest absolute Gasteiger partial charge is 0.506 e. The first kappa shape index (κ1) is 15.4. The molecule has 0 saturated heterocycles. The maximum atomic E-state index is 12.7. The van der Waals surface area contributed by atoms with Gasteiger partial charge in [0.25, 0.3) is 5.91 Å². The lowest BCUT2D eigenvalue weighted by molar-refractivity contribution is 0.0995. The molecular weight excluding hydrogens is 437 g/mol. The normalized spacial score (nSPS) is 12.8. The first-order chi connectivity index (χ1) is 10.5. The summed E-state index contributed by atoms with van der Waals surface area (Å²) < 4.78 is 6.22. The van der Waals surface area contributed by atoms with Gasteiger partial charge in [0, 0.05) is 16.8 Å². The molecule has 2 aromatic carbocycles. The van der Waals surface area contributed by atoms with Crippen molar-refractivity contribution in [2.45, 2.75) is 0 Å². The van der Waals surface area contributed by atoms with Crippen LogP contribution in [0.15, 0.2) is 51.7 Å². The molecule has 112 valence electrons. The standard InChI is InChI=1S/C15H8Br2ClNO3/c16-10-5-8(6-11(17)14(10)20)15(21)19-3-4-22-13-2-1-9(18)7-12(13)19/h1-7,20H. The van der Waals surface area contributed by atoms with Crippen molar-refractivity contribution in [3.8, 4) is 11.5 Å². The van der Waals surface area contributed by atoms with Crippen LogP contribution in [0.4, 0.5) is 5.69 Å². The number of amides is 1. The van der Waals surface area contributed by atoms with Crippen molar-refractivity contribution in [3.63, 3.8) is 0 Å². The van der Waals surface area contributed by atoms with E-state index in [-0.39, 0.29) is 11.7 Å². The van der Waals surface area contributed by atoms with Gasteiger partial charge in [0.1, 0.15) is 12.0 Å². The SMILES string of the molecule is O=C(c1cc(Br)c(O)c(Br)c1)N1C=COc2ccc(Cl)cc21. The zero-order valence-corrected chi connectivity index (χ0v) is 14.8. The van der Waals surface area contributed by atoms with E-state index in [0.29, 0.717) is 31.0 Å². The number of halogens is 3. The molecule has 2 aromatic rings. The number of phenols is 1. The van der Waals surface area contributed by atoms with Gasteiger partial charge in [-0.3, -0.25) is 9.69 Å². The van der Waals surface area contributed by atoms with Crippen molar-refractivity contribution in [1.82, 2.24) is 0 Å². The van der Waals surface area contributed by atoms with Gasteiger partial charge in [-0.25, -0.2) is 0 Å². The van der Waals surface area contributed by atoms with Gasteiger partial charge in [-0.15, -0.1) is 0 Å². The van der Waals surface area contributed by atoms with Crippen LogP contribution in [0, 0.1) is 0 Å². The Morgan fingerprint density at radius 3 is 2.55 bits per heavy atom. The van der Waals surface area contributed by atoms with E-state index < -0.39 is 0 Å². The number of anilines is 1. The number of nitrogens with zero attached hydrogens (tertiary/aromatic N) is 1. The first-order valence-electron chi connectivity index (χ1n) is 6.12. The van der Waals surface area contributed by atoms with E-state index in [1.807, 2.05) is 0 Å². The fourth-order valence-corrected chi connectivity index (χ4v) is 3.38. The van der Waals surface area contributed by atoms with E-state index in [4.69, 9.17) is 16.3 Å². The molecule has 0 saturated carbocycles. The third-order valence-corrected chi connectivity index (χ3v) is 4.51. The minimum atomic E-state index is -0.274. The smallest absolute Gasteiger partial charge is 0.262 e. The molecule has 0 atom stereocenters. The van der Waals surface area contributed by atoms with Gasteiger partial charge in [0.05, 0.1) is 14.6 Å². The van der Waals surface area contributed by atoms with Gasteiger partial charge in [-0.1, -0.05) is 11.6 Å². The quantitative estimate of drug-likeness (QED) is 0.666. The number of phenolic OH excluding ortho intramolecular Hbond substituents is 1. The molecule has 1 amide bonds. The number of carbonyl (C=O) groups excluding carboxylic acids is 1. The molecule has 1 heterocycles. The van der Waals surface area contributed by atoms with E-state index in [1.165, 1.54) is 17.4 Å². The van der Waals surface area contributed by atoms with Crippen molar-refractivity contribution in [1.29, 1.82) is 0 Å². The van der Waals surface area contributed by atoms with Crippen molar-refractivity contribution in [2.24, 2.45) is 0 Å². The van der Waals surface area contributed by atoms with E-state index >= 15 is 0 Å². The summed E-state index contributed by atoms with van der Waals surface area (Å²) in [5.74, 6) is 0.305. The van der Waals surface area contributed by atoms with E-state index in [2.05, 4.69) is 31.9 Å². The van der Waals surface area contributed by atoms with Crippen molar-refractivity contribution >= 4 is 55.1 Å². The predicted molar refractivity (Wildman–Crippen MR) is 91.5 cm³/mol. The maximum absolute atomic E-state index is 12.7. The summed E-state index contributed by atoms with van der Waals surface area (Å²) in [6.45, 7) is 0. The van der Waals surface area contributed by atoms with E-state index in [9.17, 15) is 9.90 Å². The van der Waals surface area contributed by atoms with Crippen molar-refractivity contribution < 1.29 is 14.6 Å². The van der Waals surface area contributed by atoms with Gasteiger partial charge >= 0.3 is 0 Å². The number of benzene rings is 2. The molecule has 0 radical (unpaired) electrons. The molecule has 22 heavy (non-hydrogen) atoms. The second kappa shape index (κ2) is 5.95. The highest BCUT2D eigenvalue weighted by Gasteiger charge is 2.23. The fraction of sp³-hybridized carbons (Fsp3) is 0. The van der Waals surface area contributed by atoms with Crippen LogP contribution in [-0.4, -0.2) is 11.0 Å². The fourth-order valence-electron chi connectivity index (χ4n) is 2.03. The second-order valence-corrected chi connectivity index (χ2v) is 6.62. The maximum Gasteiger partial charge on any atom is 0.262 e. The van der Waals surface area contributed by atoms with Crippen LogP contribution >= 0.6 is 43.5 Å². The van der Waals surface area contributed by atoms with Crippen LogP contribution < -0.4 is 9.64 Å². The Labute approximate surface area is 148 Å². The average molecular weight is 445 g/mol. The molecule has 0 bridgehead atoms. The Morgan fingerprint density at radius 2 is 1.86 bits per heavy atom. The highest BCUT2D eigenvalue weighted by Crippen LogP contribution is 2.37. The highest BCUT2D eigenvalue weighted by molar-refractivity contribution is 9.11. The molecule has 0 spiro atoms. The molecule has 1 aliphatic heterocycles. The molecule has 0 aromatic heterocycles. The Hall–Kier alpha value is -1.50. The summed E-state index contributed by atoms with van der Waals surface area (Å²) in [4.78, 5) is 14.2. The Kier molecular flexibility index (Phi) is 4.16. The zero-order valence-electron chi connectivity index (χ0n) is 10.9. The summed E-state index contributed by atoms with van der Waals surface area (Å²) in [6.07, 6.45) is 2.95. The van der Waals surface area contributed by atoms with Gasteiger partial charge in [-0.05, 0) is 62.2 Å². The van der Waals surface area contributed by atoms with Crippen LogP contribution in [0.5, 0.6) is 11.5 Å². The molecule has 7 heteroatoms. The Bertz CT molecular complexity index is 784. The van der Waals surface area contributed by atoms with Crippen molar-refractivity contribution in [3.05, 3.63) is 62.3 Å². The van der Waals surface area contributed by atoms with E-state index in [1.54, 1.807) is 30.3 Å². The summed E-state index contributed by atoms with van der Waals surface area (Å²) in [5.41, 5.74) is 0.953. The molecule has 0 aliphatic carbocycles. The molecule has 0 unspecified atom stereocenters. The van der Waals surface area contributed by atoms with Crippen molar-refractivity contribution in [2.75, 3.05) is 4.90 Å². The number of carbonyl (C=O) groups is 1. The Balaban J connectivity index is 2.05. The minimum Gasteiger partial charge on any atom is -0.506 e. The van der Waals surface area contributed by atoms with E-state index in [0.717, 1.165) is 0 Å². The number of rotatable bonds is 1. The summed E-state index contributed by atoms with van der Waals surface area (Å²) >= 11 is 12.4. The molecule has 1 aliphatic rings. The van der Waals surface area contributed by atoms with Crippen LogP contribution in [0.1, 0.15) is 10.4 Å². The van der Waals surface area contributed by atoms with Crippen LogP contribution in [-0.2, 0) is 0 Å². The molecular formula is C15H8Br2ClNO3. The number of fused-ring (bicyclic) bond motifs is 1. The topological polar surface area (TPSA) is 49.8 Å². The molecule has 0 fully saturated rings. The number of hydrogen-bond donors (Lipinski definition) is 1. The lowest BCUT2D eigenvalue weighted by Gasteiger charge is -2.24. The number of aromatic hydroxyl groups is 1. The summed E-state index contributed by atoms with van der Waals surface area (Å²) in [6, 6.07) is 8.15. The van der Waals surface area contributed by atoms with Gasteiger partial charge in [0.15, 0.2) is 5.75 Å².